The number of nitrogens with zero attached hydrogens (tertiary/aromatic N) is 1. The fraction of sp³-hybridized carbons (Fsp3) is 0.409. The van der Waals surface area contributed by atoms with Crippen molar-refractivity contribution in [2.45, 2.75) is 51.7 Å². The first-order valence-electron chi connectivity index (χ1n) is 9.83. The van der Waals surface area contributed by atoms with Crippen molar-refractivity contribution in [3.05, 3.63) is 53.2 Å². The summed E-state index contributed by atoms with van der Waals surface area (Å²) >= 11 is 0. The Morgan fingerprint density at radius 3 is 2.72 bits per heavy atom. The molecule has 0 fully saturated rings. The van der Waals surface area contributed by atoms with Crippen molar-refractivity contribution in [1.82, 2.24) is 10.3 Å². The SMILES string of the molecule is CNC(=O)c1cccnc1NC1CCCc2cc(NC(=O)OC(C)(C)C)ccc21. The minimum absolute atomic E-state index is 0.0487. The molecule has 0 radical (unpaired) electrons. The molecule has 1 atom stereocenters. The summed E-state index contributed by atoms with van der Waals surface area (Å²) in [6.45, 7) is 5.50. The number of pyridine rings is 1. The van der Waals surface area contributed by atoms with Gasteiger partial charge in [-0.05, 0) is 75.4 Å². The first-order chi connectivity index (χ1) is 13.8. The molecule has 0 saturated carbocycles. The van der Waals surface area contributed by atoms with Gasteiger partial charge in [0.1, 0.15) is 11.4 Å². The summed E-state index contributed by atoms with van der Waals surface area (Å²) in [4.78, 5) is 28.5. The van der Waals surface area contributed by atoms with Crippen LogP contribution >= 0.6 is 0 Å². The average molecular weight is 396 g/mol. The molecule has 1 heterocycles. The van der Waals surface area contributed by atoms with Crippen LogP contribution in [0.5, 0.6) is 0 Å². The number of nitrogens with one attached hydrogen (secondary N) is 3. The van der Waals surface area contributed by atoms with Gasteiger partial charge in [-0.25, -0.2) is 9.78 Å². The van der Waals surface area contributed by atoms with Crippen molar-refractivity contribution in [2.24, 2.45) is 0 Å². The molecule has 3 N–H and O–H groups in total. The van der Waals surface area contributed by atoms with Crippen LogP contribution in [-0.2, 0) is 11.2 Å². The summed E-state index contributed by atoms with van der Waals surface area (Å²) in [5.41, 5.74) is 3.01. The van der Waals surface area contributed by atoms with Crippen LogP contribution in [-0.4, -0.2) is 29.6 Å². The molecule has 7 heteroatoms. The Morgan fingerprint density at radius 2 is 2.00 bits per heavy atom. The van der Waals surface area contributed by atoms with Gasteiger partial charge in [0.05, 0.1) is 11.6 Å². The zero-order valence-corrected chi connectivity index (χ0v) is 17.3. The van der Waals surface area contributed by atoms with E-state index in [2.05, 4.69) is 20.9 Å². The van der Waals surface area contributed by atoms with Crippen LogP contribution in [0.2, 0.25) is 0 Å². The van der Waals surface area contributed by atoms with Crippen LogP contribution in [0.25, 0.3) is 0 Å². The molecule has 7 nitrogen and oxygen atoms in total. The van der Waals surface area contributed by atoms with E-state index < -0.39 is 11.7 Å². The van der Waals surface area contributed by atoms with Crippen molar-refractivity contribution >= 4 is 23.5 Å². The van der Waals surface area contributed by atoms with Gasteiger partial charge in [-0.15, -0.1) is 0 Å². The summed E-state index contributed by atoms with van der Waals surface area (Å²) in [5.74, 6) is 0.397. The normalized spacial score (nSPS) is 15.8. The van der Waals surface area contributed by atoms with Gasteiger partial charge in [-0.1, -0.05) is 6.07 Å². The van der Waals surface area contributed by atoms with Crippen molar-refractivity contribution in [3.63, 3.8) is 0 Å². The maximum Gasteiger partial charge on any atom is 0.412 e. The molecule has 1 aliphatic carbocycles. The minimum Gasteiger partial charge on any atom is -0.444 e. The Balaban J connectivity index is 1.78. The molecular formula is C22H28N4O3. The first kappa shape index (κ1) is 20.6. The second kappa shape index (κ2) is 8.51. The van der Waals surface area contributed by atoms with E-state index in [1.807, 2.05) is 39.0 Å². The maximum atomic E-state index is 12.1. The van der Waals surface area contributed by atoms with Gasteiger partial charge in [0.25, 0.3) is 5.91 Å². The smallest absolute Gasteiger partial charge is 0.412 e. The van der Waals surface area contributed by atoms with Gasteiger partial charge in [-0.2, -0.15) is 0 Å². The van der Waals surface area contributed by atoms with Crippen molar-refractivity contribution in [1.29, 1.82) is 0 Å². The number of amides is 2. The molecule has 1 aromatic heterocycles. The lowest BCUT2D eigenvalue weighted by Crippen LogP contribution is -2.27. The molecule has 0 bridgehead atoms. The second-order valence-electron chi connectivity index (χ2n) is 8.11. The minimum atomic E-state index is -0.543. The molecule has 2 aromatic rings. The lowest BCUT2D eigenvalue weighted by Gasteiger charge is -2.28. The van der Waals surface area contributed by atoms with Gasteiger partial charge < -0.3 is 15.4 Å². The summed E-state index contributed by atoms with van der Waals surface area (Å²) in [6.07, 6.45) is 4.08. The molecular weight excluding hydrogens is 368 g/mol. The highest BCUT2D eigenvalue weighted by Gasteiger charge is 2.23. The lowest BCUT2D eigenvalue weighted by molar-refractivity contribution is 0.0635. The number of aromatic nitrogens is 1. The second-order valence-corrected chi connectivity index (χ2v) is 8.11. The number of carbonyl (C=O) groups is 2. The Bertz CT molecular complexity index is 905. The number of ether oxygens (including phenoxy) is 1. The third-order valence-electron chi connectivity index (χ3n) is 4.69. The highest BCUT2D eigenvalue weighted by Crippen LogP contribution is 2.34. The molecule has 154 valence electrons. The molecule has 1 aromatic carbocycles. The summed E-state index contributed by atoms with van der Waals surface area (Å²) in [7, 11) is 1.61. The van der Waals surface area contributed by atoms with E-state index in [1.54, 1.807) is 25.4 Å². The van der Waals surface area contributed by atoms with Crippen LogP contribution in [0.1, 0.15) is 61.1 Å². The highest BCUT2D eigenvalue weighted by molar-refractivity contribution is 5.98. The number of hydrogen-bond donors (Lipinski definition) is 3. The van der Waals surface area contributed by atoms with Crippen molar-refractivity contribution in [3.8, 4) is 0 Å². The fourth-order valence-corrected chi connectivity index (χ4v) is 3.47. The molecule has 0 saturated heterocycles. The zero-order valence-electron chi connectivity index (χ0n) is 17.3. The van der Waals surface area contributed by atoms with Crippen LogP contribution in [0.4, 0.5) is 16.3 Å². The van der Waals surface area contributed by atoms with Gasteiger partial charge in [0.15, 0.2) is 0 Å². The van der Waals surface area contributed by atoms with Crippen LogP contribution in [0.3, 0.4) is 0 Å². The quantitative estimate of drug-likeness (QED) is 0.717. The van der Waals surface area contributed by atoms with Gasteiger partial charge in [-0.3, -0.25) is 10.1 Å². The number of carbonyl (C=O) groups excluding carboxylic acids is 2. The van der Waals surface area contributed by atoms with Crippen molar-refractivity contribution in [2.75, 3.05) is 17.7 Å². The maximum absolute atomic E-state index is 12.1. The number of anilines is 2. The highest BCUT2D eigenvalue weighted by atomic mass is 16.6. The van der Waals surface area contributed by atoms with Crippen LogP contribution in [0.15, 0.2) is 36.5 Å². The molecule has 0 spiro atoms. The summed E-state index contributed by atoms with van der Waals surface area (Å²) < 4.78 is 5.32. The van der Waals surface area contributed by atoms with E-state index >= 15 is 0 Å². The summed E-state index contributed by atoms with van der Waals surface area (Å²) in [5, 5.41) is 8.87. The third-order valence-corrected chi connectivity index (χ3v) is 4.69. The summed E-state index contributed by atoms with van der Waals surface area (Å²) in [6, 6.07) is 9.44. The van der Waals surface area contributed by atoms with Gasteiger partial charge >= 0.3 is 6.09 Å². The molecule has 29 heavy (non-hydrogen) atoms. The number of aryl methyl sites for hydroxylation is 1. The Morgan fingerprint density at radius 1 is 1.21 bits per heavy atom. The number of fused-ring (bicyclic) bond motifs is 1. The third kappa shape index (κ3) is 5.25. The van der Waals surface area contributed by atoms with E-state index in [-0.39, 0.29) is 11.9 Å². The largest absolute Gasteiger partial charge is 0.444 e. The predicted molar refractivity (Wildman–Crippen MR) is 113 cm³/mol. The predicted octanol–water partition coefficient (Wildman–Crippen LogP) is 4.28. The van der Waals surface area contributed by atoms with Crippen molar-refractivity contribution < 1.29 is 14.3 Å². The van der Waals surface area contributed by atoms with E-state index in [4.69, 9.17) is 4.74 Å². The Kier molecular flexibility index (Phi) is 6.06. The van der Waals surface area contributed by atoms with E-state index in [1.165, 1.54) is 5.56 Å². The Labute approximate surface area is 171 Å². The molecule has 3 rings (SSSR count). The monoisotopic (exact) mass is 396 g/mol. The van der Waals surface area contributed by atoms with E-state index in [0.717, 1.165) is 24.8 Å². The average Bonchev–Trinajstić information content (AvgIpc) is 2.66. The molecule has 1 aliphatic rings. The van der Waals surface area contributed by atoms with E-state index in [9.17, 15) is 9.59 Å². The number of hydrogen-bond acceptors (Lipinski definition) is 5. The molecule has 2 amide bonds. The molecule has 1 unspecified atom stereocenters. The first-order valence-corrected chi connectivity index (χ1v) is 9.83. The van der Waals surface area contributed by atoms with Gasteiger partial charge in [0.2, 0.25) is 0 Å². The van der Waals surface area contributed by atoms with Gasteiger partial charge in [0, 0.05) is 18.9 Å². The zero-order chi connectivity index (χ0) is 21.0. The number of rotatable bonds is 4. The standard InChI is InChI=1S/C22H28N4O3/c1-22(2,3)29-21(28)25-15-10-11-16-14(13-15)7-5-9-18(16)26-19-17(20(27)23-4)8-6-12-24-19/h6,8,10-13,18H,5,7,9H2,1-4H3,(H,23,27)(H,24,26)(H,25,28). The van der Waals surface area contributed by atoms with Crippen LogP contribution in [0, 0.1) is 0 Å². The van der Waals surface area contributed by atoms with Crippen LogP contribution < -0.4 is 16.0 Å². The Hall–Kier alpha value is -3.09. The molecule has 0 aliphatic heterocycles. The lowest BCUT2D eigenvalue weighted by atomic mass is 9.87. The topological polar surface area (TPSA) is 92.4 Å². The number of benzene rings is 1. The van der Waals surface area contributed by atoms with E-state index in [0.29, 0.717) is 17.1 Å². The fourth-order valence-electron chi connectivity index (χ4n) is 3.47.